The highest BCUT2D eigenvalue weighted by Gasteiger charge is 2.18. The summed E-state index contributed by atoms with van der Waals surface area (Å²) in [5.41, 5.74) is 10.5. The Bertz CT molecular complexity index is 1570. The topological polar surface area (TPSA) is 51.9 Å². The van der Waals surface area contributed by atoms with E-state index in [0.29, 0.717) is 12.1 Å². The van der Waals surface area contributed by atoms with Crippen LogP contribution in [0.2, 0.25) is 0 Å². The van der Waals surface area contributed by atoms with E-state index in [9.17, 15) is 4.79 Å². The fourth-order valence-electron chi connectivity index (χ4n) is 4.93. The SMILES string of the molecule is Cc1ccccc1Cn1nc(C)c(NC(=O)c2ccc3c(c2)c(C)c(C)n3Cc2ccccc2)c1C. The first-order valence-electron chi connectivity index (χ1n) is 12.4. The molecule has 5 aromatic rings. The van der Waals surface area contributed by atoms with Crippen LogP contribution in [0.3, 0.4) is 0 Å². The van der Waals surface area contributed by atoms with Crippen molar-refractivity contribution in [3.05, 3.63) is 118 Å². The Morgan fingerprint density at radius 3 is 2.31 bits per heavy atom. The number of carbonyl (C=O) groups excluding carboxylic acids is 1. The van der Waals surface area contributed by atoms with Gasteiger partial charge in [-0.2, -0.15) is 5.10 Å². The van der Waals surface area contributed by atoms with Gasteiger partial charge in [0.15, 0.2) is 0 Å². The molecule has 5 rings (SSSR count). The van der Waals surface area contributed by atoms with Crippen LogP contribution in [0.5, 0.6) is 0 Å². The molecule has 5 nitrogen and oxygen atoms in total. The highest BCUT2D eigenvalue weighted by molar-refractivity contribution is 6.07. The molecule has 0 aliphatic heterocycles. The normalized spacial score (nSPS) is 11.2. The third kappa shape index (κ3) is 4.33. The molecule has 3 aromatic carbocycles. The van der Waals surface area contributed by atoms with E-state index < -0.39 is 0 Å². The molecule has 1 amide bonds. The Hall–Kier alpha value is -4.12. The third-order valence-electron chi connectivity index (χ3n) is 7.29. The lowest BCUT2D eigenvalue weighted by atomic mass is 10.1. The number of amides is 1. The van der Waals surface area contributed by atoms with E-state index in [0.717, 1.165) is 34.5 Å². The molecule has 0 unspecified atom stereocenters. The number of carbonyl (C=O) groups is 1. The molecule has 0 spiro atoms. The van der Waals surface area contributed by atoms with Crippen molar-refractivity contribution in [2.75, 3.05) is 5.32 Å². The lowest BCUT2D eigenvalue weighted by Crippen LogP contribution is -2.13. The zero-order chi connectivity index (χ0) is 25.4. The molecule has 2 heterocycles. The van der Waals surface area contributed by atoms with Crippen LogP contribution in [-0.2, 0) is 13.1 Å². The Morgan fingerprint density at radius 2 is 1.56 bits per heavy atom. The van der Waals surface area contributed by atoms with Crippen molar-refractivity contribution in [1.29, 1.82) is 0 Å². The summed E-state index contributed by atoms with van der Waals surface area (Å²) in [6, 6.07) is 24.8. The molecule has 0 aliphatic rings. The predicted molar refractivity (Wildman–Crippen MR) is 147 cm³/mol. The first-order chi connectivity index (χ1) is 17.3. The molecule has 0 saturated heterocycles. The maximum absolute atomic E-state index is 13.3. The van der Waals surface area contributed by atoms with Crippen molar-refractivity contribution in [3.63, 3.8) is 0 Å². The van der Waals surface area contributed by atoms with Gasteiger partial charge in [-0.05, 0) is 75.1 Å². The van der Waals surface area contributed by atoms with Crippen molar-refractivity contribution in [1.82, 2.24) is 14.3 Å². The van der Waals surface area contributed by atoms with Crippen molar-refractivity contribution in [2.45, 2.75) is 47.7 Å². The third-order valence-corrected chi connectivity index (χ3v) is 7.29. The number of aryl methyl sites for hydroxylation is 3. The summed E-state index contributed by atoms with van der Waals surface area (Å²) in [6.45, 7) is 11.8. The Balaban J connectivity index is 1.41. The van der Waals surface area contributed by atoms with Gasteiger partial charge in [-0.3, -0.25) is 9.48 Å². The van der Waals surface area contributed by atoms with Crippen LogP contribution < -0.4 is 5.32 Å². The first kappa shape index (κ1) is 23.6. The van der Waals surface area contributed by atoms with E-state index in [1.165, 1.54) is 27.9 Å². The Kier molecular flexibility index (Phi) is 6.23. The monoisotopic (exact) mass is 476 g/mol. The maximum Gasteiger partial charge on any atom is 0.255 e. The average molecular weight is 477 g/mol. The van der Waals surface area contributed by atoms with E-state index in [4.69, 9.17) is 5.10 Å². The van der Waals surface area contributed by atoms with E-state index in [1.54, 1.807) is 0 Å². The summed E-state index contributed by atoms with van der Waals surface area (Å²) >= 11 is 0. The minimum Gasteiger partial charge on any atom is -0.340 e. The molecule has 0 radical (unpaired) electrons. The van der Waals surface area contributed by atoms with Crippen LogP contribution in [0.1, 0.15) is 49.7 Å². The molecular weight excluding hydrogens is 444 g/mol. The predicted octanol–water partition coefficient (Wildman–Crippen LogP) is 6.73. The summed E-state index contributed by atoms with van der Waals surface area (Å²) in [5, 5.41) is 8.95. The molecule has 0 aliphatic carbocycles. The molecule has 0 fully saturated rings. The number of benzene rings is 3. The van der Waals surface area contributed by atoms with Gasteiger partial charge in [0.25, 0.3) is 5.91 Å². The largest absolute Gasteiger partial charge is 0.340 e. The highest BCUT2D eigenvalue weighted by atomic mass is 16.1. The maximum atomic E-state index is 13.3. The number of rotatable bonds is 6. The van der Waals surface area contributed by atoms with Crippen LogP contribution in [0.4, 0.5) is 5.69 Å². The van der Waals surface area contributed by atoms with Gasteiger partial charge in [0.1, 0.15) is 0 Å². The van der Waals surface area contributed by atoms with Gasteiger partial charge < -0.3 is 9.88 Å². The summed E-state index contributed by atoms with van der Waals surface area (Å²) < 4.78 is 4.29. The van der Waals surface area contributed by atoms with Gasteiger partial charge >= 0.3 is 0 Å². The van der Waals surface area contributed by atoms with E-state index in [1.807, 2.05) is 48.9 Å². The van der Waals surface area contributed by atoms with Gasteiger partial charge in [0.2, 0.25) is 0 Å². The smallest absolute Gasteiger partial charge is 0.255 e. The molecule has 182 valence electrons. The number of fused-ring (bicyclic) bond motifs is 1. The molecule has 2 aromatic heterocycles. The summed E-state index contributed by atoms with van der Waals surface area (Å²) in [6.07, 6.45) is 0. The second-order valence-corrected chi connectivity index (χ2v) is 9.60. The number of nitrogens with zero attached hydrogens (tertiary/aromatic N) is 3. The second-order valence-electron chi connectivity index (χ2n) is 9.60. The second kappa shape index (κ2) is 9.50. The standard InChI is InChI=1S/C31H32N4O/c1-20-11-9-10-14-27(20)19-35-24(5)30(22(3)33-35)32-31(36)26-15-16-29-28(17-26)21(2)23(4)34(29)18-25-12-7-6-8-13-25/h6-17H,18-19H2,1-5H3,(H,32,36). The van der Waals surface area contributed by atoms with Gasteiger partial charge in [0, 0.05) is 28.7 Å². The molecular formula is C31H32N4O. The van der Waals surface area contributed by atoms with E-state index in [2.05, 4.69) is 73.1 Å². The van der Waals surface area contributed by atoms with Gasteiger partial charge in [0.05, 0.1) is 23.6 Å². The summed E-state index contributed by atoms with van der Waals surface area (Å²) in [7, 11) is 0. The van der Waals surface area contributed by atoms with Crippen molar-refractivity contribution >= 4 is 22.5 Å². The minimum absolute atomic E-state index is 0.119. The molecule has 0 saturated carbocycles. The zero-order valence-electron chi connectivity index (χ0n) is 21.6. The van der Waals surface area contributed by atoms with Crippen LogP contribution in [-0.4, -0.2) is 20.3 Å². The average Bonchev–Trinajstić information content (AvgIpc) is 3.28. The Morgan fingerprint density at radius 1 is 0.833 bits per heavy atom. The van der Waals surface area contributed by atoms with Crippen LogP contribution in [0.15, 0.2) is 72.8 Å². The summed E-state index contributed by atoms with van der Waals surface area (Å²) in [4.78, 5) is 13.3. The van der Waals surface area contributed by atoms with Crippen LogP contribution >= 0.6 is 0 Å². The summed E-state index contributed by atoms with van der Waals surface area (Å²) in [5.74, 6) is -0.119. The van der Waals surface area contributed by atoms with E-state index >= 15 is 0 Å². The number of hydrogen-bond acceptors (Lipinski definition) is 2. The lowest BCUT2D eigenvalue weighted by Gasteiger charge is -2.10. The van der Waals surface area contributed by atoms with E-state index in [-0.39, 0.29) is 5.91 Å². The number of nitrogens with one attached hydrogen (secondary N) is 1. The lowest BCUT2D eigenvalue weighted by molar-refractivity contribution is 0.102. The number of anilines is 1. The zero-order valence-corrected chi connectivity index (χ0v) is 21.6. The van der Waals surface area contributed by atoms with Gasteiger partial charge in [-0.25, -0.2) is 0 Å². The fourth-order valence-corrected chi connectivity index (χ4v) is 4.93. The molecule has 0 bridgehead atoms. The fraction of sp³-hybridized carbons (Fsp3) is 0.226. The number of hydrogen-bond donors (Lipinski definition) is 1. The quantitative estimate of drug-likeness (QED) is 0.295. The first-order valence-corrected chi connectivity index (χ1v) is 12.4. The molecule has 5 heteroatoms. The van der Waals surface area contributed by atoms with Gasteiger partial charge in [-0.15, -0.1) is 0 Å². The van der Waals surface area contributed by atoms with Crippen LogP contribution in [0.25, 0.3) is 10.9 Å². The Labute approximate surface area is 212 Å². The molecule has 36 heavy (non-hydrogen) atoms. The minimum atomic E-state index is -0.119. The van der Waals surface area contributed by atoms with Crippen molar-refractivity contribution < 1.29 is 4.79 Å². The highest BCUT2D eigenvalue weighted by Crippen LogP contribution is 2.28. The molecule has 1 N–H and O–H groups in total. The molecule has 0 atom stereocenters. The van der Waals surface area contributed by atoms with Crippen molar-refractivity contribution in [2.24, 2.45) is 0 Å². The van der Waals surface area contributed by atoms with Crippen molar-refractivity contribution in [3.8, 4) is 0 Å². The van der Waals surface area contributed by atoms with Crippen LogP contribution in [0, 0.1) is 34.6 Å². The number of aromatic nitrogens is 3. The van der Waals surface area contributed by atoms with Gasteiger partial charge in [-0.1, -0.05) is 54.6 Å².